The fraction of sp³-hybridized carbons (Fsp3) is 0.278. The highest BCUT2D eigenvalue weighted by atomic mass is 32.1. The van der Waals surface area contributed by atoms with Gasteiger partial charge in [0.2, 0.25) is 0 Å². The normalized spacial score (nSPS) is 13.5. The topological polar surface area (TPSA) is 82.4 Å². The van der Waals surface area contributed by atoms with E-state index in [1.807, 2.05) is 6.07 Å². The van der Waals surface area contributed by atoms with Crippen LogP contribution in [0.3, 0.4) is 0 Å². The van der Waals surface area contributed by atoms with Crippen LogP contribution in [0.4, 0.5) is 23.0 Å². The number of benzene rings is 1. The van der Waals surface area contributed by atoms with Gasteiger partial charge in [-0.2, -0.15) is 18.4 Å². The van der Waals surface area contributed by atoms with Crippen molar-refractivity contribution in [1.29, 1.82) is 5.26 Å². The molecule has 0 saturated heterocycles. The predicted molar refractivity (Wildman–Crippen MR) is 95.0 cm³/mol. The van der Waals surface area contributed by atoms with Gasteiger partial charge in [0.25, 0.3) is 5.91 Å². The zero-order valence-corrected chi connectivity index (χ0v) is 15.4. The number of nitriles is 1. The predicted octanol–water partition coefficient (Wildman–Crippen LogP) is 4.02. The van der Waals surface area contributed by atoms with Crippen LogP contribution in [0.1, 0.15) is 31.9 Å². The summed E-state index contributed by atoms with van der Waals surface area (Å²) >= 11 is 1.12. The van der Waals surface area contributed by atoms with Gasteiger partial charge in [-0.05, 0) is 30.2 Å². The van der Waals surface area contributed by atoms with Crippen LogP contribution >= 0.6 is 11.3 Å². The Morgan fingerprint density at radius 3 is 2.75 bits per heavy atom. The minimum Gasteiger partial charge on any atom is -0.453 e. The van der Waals surface area contributed by atoms with Crippen LogP contribution in [-0.2, 0) is 23.9 Å². The molecule has 1 aromatic carbocycles. The van der Waals surface area contributed by atoms with Gasteiger partial charge in [-0.15, -0.1) is 11.3 Å². The fourth-order valence-electron chi connectivity index (χ4n) is 2.91. The molecule has 0 saturated carbocycles. The van der Waals surface area contributed by atoms with E-state index in [9.17, 15) is 28.0 Å². The summed E-state index contributed by atoms with van der Waals surface area (Å²) in [5, 5.41) is 12.2. The monoisotopic (exact) mass is 409 g/mol. The Labute approximate surface area is 162 Å². The smallest absolute Gasteiger partial charge is 0.416 e. The molecule has 2 amide bonds. The minimum atomic E-state index is -4.56. The average Bonchev–Trinajstić information content (AvgIpc) is 3.02. The van der Waals surface area contributed by atoms with Gasteiger partial charge in [-0.1, -0.05) is 6.07 Å². The van der Waals surface area contributed by atoms with E-state index in [-0.39, 0.29) is 22.7 Å². The van der Waals surface area contributed by atoms with Crippen molar-refractivity contribution in [2.24, 2.45) is 0 Å². The lowest BCUT2D eigenvalue weighted by Gasteiger charge is -2.25. The quantitative estimate of drug-likeness (QED) is 0.812. The molecule has 0 radical (unpaired) electrons. The number of hydrogen-bond donors (Lipinski definition) is 1. The highest BCUT2D eigenvalue weighted by Crippen LogP contribution is 2.37. The highest BCUT2D eigenvalue weighted by molar-refractivity contribution is 7.16. The first-order valence-electron chi connectivity index (χ1n) is 8.10. The third-order valence-corrected chi connectivity index (χ3v) is 5.41. The Morgan fingerprint density at radius 1 is 1.36 bits per heavy atom. The van der Waals surface area contributed by atoms with Gasteiger partial charge < -0.3 is 15.0 Å². The molecule has 0 aliphatic carbocycles. The molecule has 1 aromatic heterocycles. The maximum absolute atomic E-state index is 12.8. The summed E-state index contributed by atoms with van der Waals surface area (Å²) in [5.41, 5.74) is -0.0991. The number of carbonyl (C=O) groups is 2. The van der Waals surface area contributed by atoms with Crippen LogP contribution in [0.5, 0.6) is 0 Å². The van der Waals surface area contributed by atoms with E-state index in [0.29, 0.717) is 13.0 Å². The van der Waals surface area contributed by atoms with Crippen molar-refractivity contribution in [3.8, 4) is 6.07 Å². The molecule has 2 aromatic rings. The van der Waals surface area contributed by atoms with E-state index >= 15 is 0 Å². The molecule has 28 heavy (non-hydrogen) atoms. The Balaban J connectivity index is 1.86. The van der Waals surface area contributed by atoms with Gasteiger partial charge in [0.05, 0.1) is 24.8 Å². The summed E-state index contributed by atoms with van der Waals surface area (Å²) in [6.07, 6.45) is -4.64. The Kier molecular flexibility index (Phi) is 5.29. The zero-order chi connectivity index (χ0) is 20.5. The lowest BCUT2D eigenvalue weighted by molar-refractivity contribution is -0.137. The molecule has 146 valence electrons. The van der Waals surface area contributed by atoms with Crippen molar-refractivity contribution < 1.29 is 27.5 Å². The summed E-state index contributed by atoms with van der Waals surface area (Å²) < 4.78 is 43.2. The number of alkyl halides is 3. The zero-order valence-electron chi connectivity index (χ0n) is 14.6. The molecule has 0 unspecified atom stereocenters. The summed E-state index contributed by atoms with van der Waals surface area (Å²) in [5.74, 6) is -0.744. The number of rotatable bonds is 2. The van der Waals surface area contributed by atoms with E-state index in [2.05, 4.69) is 5.32 Å². The lowest BCUT2D eigenvalue weighted by atomic mass is 10.0. The van der Waals surface area contributed by atoms with Crippen LogP contribution in [0, 0.1) is 11.3 Å². The second-order valence-electron chi connectivity index (χ2n) is 5.99. The van der Waals surface area contributed by atoms with Crippen LogP contribution in [0.25, 0.3) is 0 Å². The minimum absolute atomic E-state index is 0.165. The molecule has 1 aliphatic rings. The van der Waals surface area contributed by atoms with Crippen LogP contribution in [0.2, 0.25) is 0 Å². The standard InChI is InChI=1S/C18H14F3N3O3S/c1-27-17(26)24-6-5-12-13(8-22)16(28-14(12)9-24)23-15(25)10-3-2-4-11(7-10)18(19,20)21/h2-4,7H,5-6,9H2,1H3,(H,23,25). The van der Waals surface area contributed by atoms with Crippen molar-refractivity contribution in [3.63, 3.8) is 0 Å². The number of thiophene rings is 1. The molecule has 2 heterocycles. The SMILES string of the molecule is COC(=O)N1CCc2c(sc(NC(=O)c3cccc(C(F)(F)F)c3)c2C#N)C1. The fourth-order valence-corrected chi connectivity index (χ4v) is 4.12. The van der Waals surface area contributed by atoms with E-state index in [0.717, 1.165) is 40.0 Å². The summed E-state index contributed by atoms with van der Waals surface area (Å²) in [6.45, 7) is 0.604. The maximum Gasteiger partial charge on any atom is 0.416 e. The number of nitrogens with zero attached hydrogens (tertiary/aromatic N) is 2. The number of anilines is 1. The third-order valence-electron chi connectivity index (χ3n) is 4.28. The van der Waals surface area contributed by atoms with Crippen LogP contribution < -0.4 is 5.32 Å². The van der Waals surface area contributed by atoms with Gasteiger partial charge in [-0.25, -0.2) is 4.79 Å². The van der Waals surface area contributed by atoms with Gasteiger partial charge in [0, 0.05) is 17.0 Å². The number of fused-ring (bicyclic) bond motifs is 1. The first-order chi connectivity index (χ1) is 13.2. The lowest BCUT2D eigenvalue weighted by Crippen LogP contribution is -2.35. The summed E-state index contributed by atoms with van der Waals surface area (Å²) in [7, 11) is 1.27. The second kappa shape index (κ2) is 7.52. The van der Waals surface area contributed by atoms with Gasteiger partial charge >= 0.3 is 12.3 Å². The Hall–Kier alpha value is -3.06. The first kappa shape index (κ1) is 19.7. The number of halogens is 3. The molecule has 0 spiro atoms. The van der Waals surface area contributed by atoms with Crippen molar-refractivity contribution >= 4 is 28.3 Å². The average molecular weight is 409 g/mol. The number of nitrogens with one attached hydrogen (secondary N) is 1. The number of carbonyl (C=O) groups excluding carboxylic acids is 2. The molecule has 3 rings (SSSR count). The van der Waals surface area contributed by atoms with Crippen molar-refractivity contribution in [3.05, 3.63) is 51.4 Å². The first-order valence-corrected chi connectivity index (χ1v) is 8.92. The second-order valence-corrected chi connectivity index (χ2v) is 7.10. The third kappa shape index (κ3) is 3.80. The van der Waals surface area contributed by atoms with Crippen LogP contribution in [0.15, 0.2) is 24.3 Å². The summed E-state index contributed by atoms with van der Waals surface area (Å²) in [4.78, 5) is 26.3. The van der Waals surface area contributed by atoms with E-state index in [1.165, 1.54) is 18.1 Å². The molecule has 0 fully saturated rings. The number of ether oxygens (including phenoxy) is 1. The molecule has 1 aliphatic heterocycles. The Morgan fingerprint density at radius 2 is 2.11 bits per heavy atom. The number of hydrogen-bond acceptors (Lipinski definition) is 5. The molecule has 1 N–H and O–H groups in total. The van der Waals surface area contributed by atoms with E-state index in [1.54, 1.807) is 0 Å². The van der Waals surface area contributed by atoms with Gasteiger partial charge in [0.15, 0.2) is 0 Å². The molecule has 10 heteroatoms. The highest BCUT2D eigenvalue weighted by Gasteiger charge is 2.31. The van der Waals surface area contributed by atoms with Gasteiger partial charge in [0.1, 0.15) is 11.1 Å². The van der Waals surface area contributed by atoms with Gasteiger partial charge in [-0.3, -0.25) is 4.79 Å². The van der Waals surface area contributed by atoms with Crippen LogP contribution in [-0.4, -0.2) is 30.6 Å². The van der Waals surface area contributed by atoms with E-state index in [4.69, 9.17) is 4.74 Å². The van der Waals surface area contributed by atoms with Crippen molar-refractivity contribution in [2.75, 3.05) is 19.0 Å². The van der Waals surface area contributed by atoms with Crippen molar-refractivity contribution in [2.45, 2.75) is 19.1 Å². The number of amides is 2. The molecule has 6 nitrogen and oxygen atoms in total. The molecule has 0 atom stereocenters. The van der Waals surface area contributed by atoms with Crippen molar-refractivity contribution in [1.82, 2.24) is 4.90 Å². The molecule has 0 bridgehead atoms. The number of methoxy groups -OCH3 is 1. The maximum atomic E-state index is 12.8. The van der Waals surface area contributed by atoms with E-state index < -0.39 is 23.7 Å². The Bertz CT molecular complexity index is 979. The molecular weight excluding hydrogens is 395 g/mol. The molecular formula is C18H14F3N3O3S. The summed E-state index contributed by atoms with van der Waals surface area (Å²) in [6, 6.07) is 6.09. The largest absolute Gasteiger partial charge is 0.453 e.